The quantitative estimate of drug-likeness (QED) is 0.274. The molecule has 0 saturated heterocycles. The number of carbonyl (C=O) groups excluding carboxylic acids is 3. The lowest BCUT2D eigenvalue weighted by molar-refractivity contribution is -0.154. The van der Waals surface area contributed by atoms with Crippen LogP contribution in [0.25, 0.3) is 0 Å². The van der Waals surface area contributed by atoms with Gasteiger partial charge in [-0.15, -0.1) is 0 Å². The first kappa shape index (κ1) is 16.6. The monoisotopic (exact) mass is 254 g/mol. The predicted octanol–water partition coefficient (Wildman–Crippen LogP) is 2.60. The van der Waals surface area contributed by atoms with Crippen molar-refractivity contribution in [3.8, 4) is 0 Å². The molecule has 0 N–H and O–H groups in total. The van der Waals surface area contributed by atoms with Gasteiger partial charge in [0, 0.05) is 12.0 Å². The number of unbranched alkanes of at least 4 members (excludes halogenated alkanes) is 2. The highest BCUT2D eigenvalue weighted by Gasteiger charge is 2.27. The molecule has 0 aliphatic heterocycles. The van der Waals surface area contributed by atoms with Gasteiger partial charge in [0.2, 0.25) is 11.6 Å². The highest BCUT2D eigenvalue weighted by atomic mass is 16.5. The van der Waals surface area contributed by atoms with E-state index in [1.54, 1.807) is 6.92 Å². The SMILES string of the molecule is C=C(C)C(=O)OC(CCCCC)C(=O)C(=O)CC. The Morgan fingerprint density at radius 1 is 1.17 bits per heavy atom. The maximum Gasteiger partial charge on any atom is 0.333 e. The number of Topliss-reactive ketones (excluding diaryl/α,β-unsaturated/α-hetero) is 2. The fourth-order valence-electron chi connectivity index (χ4n) is 1.41. The fraction of sp³-hybridized carbons (Fsp3) is 0.643. The largest absolute Gasteiger partial charge is 0.450 e. The third-order valence-electron chi connectivity index (χ3n) is 2.56. The van der Waals surface area contributed by atoms with E-state index in [1.807, 2.05) is 6.92 Å². The van der Waals surface area contributed by atoms with E-state index < -0.39 is 23.6 Å². The third-order valence-corrected chi connectivity index (χ3v) is 2.56. The minimum absolute atomic E-state index is 0.133. The van der Waals surface area contributed by atoms with Crippen LogP contribution in [0.4, 0.5) is 0 Å². The van der Waals surface area contributed by atoms with Crippen molar-refractivity contribution in [2.75, 3.05) is 0 Å². The molecule has 0 radical (unpaired) electrons. The smallest absolute Gasteiger partial charge is 0.333 e. The highest BCUT2D eigenvalue weighted by Crippen LogP contribution is 2.11. The molecule has 0 amide bonds. The van der Waals surface area contributed by atoms with Crippen LogP contribution in [-0.2, 0) is 19.1 Å². The van der Waals surface area contributed by atoms with Crippen LogP contribution in [-0.4, -0.2) is 23.6 Å². The minimum Gasteiger partial charge on any atom is -0.450 e. The normalized spacial score (nSPS) is 11.7. The van der Waals surface area contributed by atoms with Gasteiger partial charge in [-0.2, -0.15) is 0 Å². The van der Waals surface area contributed by atoms with Crippen molar-refractivity contribution in [2.24, 2.45) is 0 Å². The molecule has 0 rings (SSSR count). The summed E-state index contributed by atoms with van der Waals surface area (Å²) in [5, 5.41) is 0. The van der Waals surface area contributed by atoms with Gasteiger partial charge in [0.1, 0.15) is 0 Å². The summed E-state index contributed by atoms with van der Waals surface area (Å²) in [5.41, 5.74) is 0.229. The van der Waals surface area contributed by atoms with Gasteiger partial charge in [-0.25, -0.2) is 4.79 Å². The van der Waals surface area contributed by atoms with Crippen molar-refractivity contribution in [2.45, 2.75) is 59.0 Å². The van der Waals surface area contributed by atoms with E-state index in [1.165, 1.54) is 6.92 Å². The second-order valence-corrected chi connectivity index (χ2v) is 4.31. The summed E-state index contributed by atoms with van der Waals surface area (Å²) in [6.45, 7) is 8.62. The lowest BCUT2D eigenvalue weighted by atomic mass is 10.0. The summed E-state index contributed by atoms with van der Waals surface area (Å²) in [7, 11) is 0. The van der Waals surface area contributed by atoms with Crippen molar-refractivity contribution in [1.29, 1.82) is 0 Å². The summed E-state index contributed by atoms with van der Waals surface area (Å²) in [4.78, 5) is 34.6. The Balaban J connectivity index is 4.60. The molecule has 0 heterocycles. The van der Waals surface area contributed by atoms with Gasteiger partial charge in [0.25, 0.3) is 0 Å². The van der Waals surface area contributed by atoms with E-state index in [2.05, 4.69) is 6.58 Å². The third kappa shape index (κ3) is 5.75. The zero-order valence-electron chi connectivity index (χ0n) is 11.5. The van der Waals surface area contributed by atoms with Crippen molar-refractivity contribution in [3.63, 3.8) is 0 Å². The number of hydrogen-bond acceptors (Lipinski definition) is 4. The number of esters is 1. The molecule has 102 valence electrons. The highest BCUT2D eigenvalue weighted by molar-refractivity contribution is 6.39. The van der Waals surface area contributed by atoms with Gasteiger partial charge in [-0.1, -0.05) is 33.3 Å². The van der Waals surface area contributed by atoms with Crippen molar-refractivity contribution < 1.29 is 19.1 Å². The zero-order valence-corrected chi connectivity index (χ0v) is 11.5. The number of ether oxygens (including phenoxy) is 1. The maximum atomic E-state index is 11.8. The molecule has 0 aliphatic carbocycles. The molecule has 0 aromatic rings. The van der Waals surface area contributed by atoms with Gasteiger partial charge in [0.05, 0.1) is 0 Å². The number of hydrogen-bond donors (Lipinski definition) is 0. The zero-order chi connectivity index (χ0) is 14.1. The molecule has 0 aromatic heterocycles. The molecule has 0 aliphatic rings. The summed E-state index contributed by atoms with van der Waals surface area (Å²) in [6, 6.07) is 0. The van der Waals surface area contributed by atoms with Crippen LogP contribution in [0.2, 0.25) is 0 Å². The summed E-state index contributed by atoms with van der Waals surface area (Å²) >= 11 is 0. The molecule has 0 aromatic carbocycles. The van der Waals surface area contributed by atoms with E-state index in [-0.39, 0.29) is 12.0 Å². The van der Waals surface area contributed by atoms with Crippen molar-refractivity contribution in [1.82, 2.24) is 0 Å². The van der Waals surface area contributed by atoms with Crippen LogP contribution in [0.3, 0.4) is 0 Å². The Kier molecular flexibility index (Phi) is 7.92. The van der Waals surface area contributed by atoms with E-state index in [9.17, 15) is 14.4 Å². The average molecular weight is 254 g/mol. The van der Waals surface area contributed by atoms with E-state index in [0.717, 1.165) is 19.3 Å². The van der Waals surface area contributed by atoms with Crippen LogP contribution in [0.1, 0.15) is 52.9 Å². The standard InChI is InChI=1S/C14H22O4/c1-5-7-8-9-12(13(16)11(15)6-2)18-14(17)10(3)4/h12H,3,5-9H2,1-2,4H3. The van der Waals surface area contributed by atoms with Crippen LogP contribution < -0.4 is 0 Å². The number of carbonyl (C=O) groups is 3. The van der Waals surface area contributed by atoms with E-state index in [4.69, 9.17) is 4.74 Å². The second kappa shape index (κ2) is 8.61. The van der Waals surface area contributed by atoms with Gasteiger partial charge in [-0.3, -0.25) is 9.59 Å². The van der Waals surface area contributed by atoms with E-state index in [0.29, 0.717) is 6.42 Å². The first-order valence-corrected chi connectivity index (χ1v) is 6.37. The van der Waals surface area contributed by atoms with Crippen LogP contribution >= 0.6 is 0 Å². The molecule has 0 spiro atoms. The first-order chi connectivity index (χ1) is 8.43. The lowest BCUT2D eigenvalue weighted by Gasteiger charge is -2.15. The minimum atomic E-state index is -0.951. The molecular weight excluding hydrogens is 232 g/mol. The van der Waals surface area contributed by atoms with Gasteiger partial charge >= 0.3 is 5.97 Å². The molecule has 0 saturated carbocycles. The van der Waals surface area contributed by atoms with Gasteiger partial charge in [-0.05, 0) is 19.8 Å². The van der Waals surface area contributed by atoms with Gasteiger partial charge < -0.3 is 4.74 Å². The average Bonchev–Trinajstić information content (AvgIpc) is 2.35. The van der Waals surface area contributed by atoms with Crippen molar-refractivity contribution >= 4 is 17.5 Å². The molecule has 4 nitrogen and oxygen atoms in total. The Bertz CT molecular complexity index is 331. The molecule has 1 unspecified atom stereocenters. The maximum absolute atomic E-state index is 11.8. The summed E-state index contributed by atoms with van der Waals surface area (Å²) in [5.74, 6) is -1.72. The summed E-state index contributed by atoms with van der Waals surface area (Å²) < 4.78 is 5.03. The summed E-state index contributed by atoms with van der Waals surface area (Å²) in [6.07, 6.45) is 2.28. The molecule has 0 bridgehead atoms. The fourth-order valence-corrected chi connectivity index (χ4v) is 1.41. The second-order valence-electron chi connectivity index (χ2n) is 4.31. The Labute approximate surface area is 108 Å². The van der Waals surface area contributed by atoms with E-state index >= 15 is 0 Å². The number of rotatable bonds is 9. The molecule has 4 heteroatoms. The van der Waals surface area contributed by atoms with Crippen LogP contribution in [0.5, 0.6) is 0 Å². The lowest BCUT2D eigenvalue weighted by Crippen LogP contribution is -2.33. The molecule has 0 fully saturated rings. The topological polar surface area (TPSA) is 60.4 Å². The van der Waals surface area contributed by atoms with Crippen LogP contribution in [0, 0.1) is 0 Å². The van der Waals surface area contributed by atoms with Gasteiger partial charge in [0.15, 0.2) is 6.10 Å². The molecule has 18 heavy (non-hydrogen) atoms. The predicted molar refractivity (Wildman–Crippen MR) is 69.1 cm³/mol. The number of ketones is 2. The molecular formula is C14H22O4. The van der Waals surface area contributed by atoms with Crippen molar-refractivity contribution in [3.05, 3.63) is 12.2 Å². The first-order valence-electron chi connectivity index (χ1n) is 6.37. The Morgan fingerprint density at radius 2 is 1.78 bits per heavy atom. The molecule has 1 atom stereocenters. The Hall–Kier alpha value is -1.45. The van der Waals surface area contributed by atoms with Crippen LogP contribution in [0.15, 0.2) is 12.2 Å². The Morgan fingerprint density at radius 3 is 2.22 bits per heavy atom.